The zero-order valence-electron chi connectivity index (χ0n) is 17.5. The number of fused-ring (bicyclic) bond motifs is 1. The van der Waals surface area contributed by atoms with Gasteiger partial charge in [0.15, 0.2) is 0 Å². The average Bonchev–Trinajstić information content (AvgIpc) is 2.78. The van der Waals surface area contributed by atoms with Crippen LogP contribution in [0.3, 0.4) is 0 Å². The van der Waals surface area contributed by atoms with Gasteiger partial charge in [-0.3, -0.25) is 4.79 Å². The van der Waals surface area contributed by atoms with E-state index < -0.39 is 23.6 Å². The van der Waals surface area contributed by atoms with E-state index >= 15 is 0 Å². The van der Waals surface area contributed by atoms with E-state index in [-0.39, 0.29) is 13.2 Å². The Kier molecular flexibility index (Phi) is 7.21. The minimum Gasteiger partial charge on any atom is -0.489 e. The molecule has 1 aliphatic rings. The minimum absolute atomic E-state index is 0.121. The van der Waals surface area contributed by atoms with Crippen molar-refractivity contribution in [3.05, 3.63) is 87.4 Å². The lowest BCUT2D eigenvalue weighted by Crippen LogP contribution is -2.35. The third-order valence-electron chi connectivity index (χ3n) is 5.35. The molecule has 1 N–H and O–H groups in total. The number of anilines is 1. The summed E-state index contributed by atoms with van der Waals surface area (Å²) in [5.74, 6) is -1.16. The smallest absolute Gasteiger partial charge is 0.416 e. The Morgan fingerprint density at radius 2 is 1.79 bits per heavy atom. The summed E-state index contributed by atoms with van der Waals surface area (Å²) < 4.78 is 47.0. The lowest BCUT2D eigenvalue weighted by atomic mass is 9.94. The summed E-state index contributed by atoms with van der Waals surface area (Å²) in [6.45, 7) is 0.249. The van der Waals surface area contributed by atoms with Gasteiger partial charge in [-0.2, -0.15) is 13.2 Å². The van der Waals surface area contributed by atoms with Crippen LogP contribution >= 0.6 is 35.1 Å². The summed E-state index contributed by atoms with van der Waals surface area (Å²) in [6.07, 6.45) is -4.16. The summed E-state index contributed by atoms with van der Waals surface area (Å²) in [5, 5.41) is 10.5. The second-order valence-corrected chi connectivity index (χ2v) is 9.61. The van der Waals surface area contributed by atoms with Gasteiger partial charge in [-0.15, -0.1) is 0 Å². The van der Waals surface area contributed by atoms with E-state index in [9.17, 15) is 23.1 Å². The van der Waals surface area contributed by atoms with Crippen molar-refractivity contribution in [2.45, 2.75) is 24.1 Å². The number of alkyl halides is 3. The van der Waals surface area contributed by atoms with E-state index in [4.69, 9.17) is 27.9 Å². The third-order valence-corrected chi connectivity index (χ3v) is 7.09. The molecule has 34 heavy (non-hydrogen) atoms. The quantitative estimate of drug-likeness (QED) is 0.339. The number of aliphatic carboxylic acids is 1. The van der Waals surface area contributed by atoms with Gasteiger partial charge < -0.3 is 14.1 Å². The third kappa shape index (κ3) is 5.56. The Labute approximate surface area is 208 Å². The van der Waals surface area contributed by atoms with Crippen LogP contribution in [-0.4, -0.2) is 17.6 Å². The Bertz CT molecular complexity index is 1200. The highest BCUT2D eigenvalue weighted by molar-refractivity contribution is 8.00. The summed E-state index contributed by atoms with van der Waals surface area (Å²) >= 11 is 13.5. The van der Waals surface area contributed by atoms with Gasteiger partial charge in [0, 0.05) is 33.1 Å². The molecule has 0 amide bonds. The van der Waals surface area contributed by atoms with Crippen molar-refractivity contribution in [2.75, 3.05) is 10.8 Å². The standard InChI is InChI=1S/C24H18Cl2F3NO3S/c25-20-5-2-6-21(26)19(20)13-33-17-8-7-14-9-15(23(31)32)12-30(22(14)11-17)34-18-4-1-3-16(10-18)24(27,28)29/h1-8,10-11,15H,9,12-13H2,(H,31,32). The monoisotopic (exact) mass is 527 g/mol. The van der Waals surface area contributed by atoms with E-state index in [1.165, 1.54) is 6.07 Å². The van der Waals surface area contributed by atoms with Crippen molar-refractivity contribution in [3.8, 4) is 5.75 Å². The van der Waals surface area contributed by atoms with Crippen molar-refractivity contribution in [1.29, 1.82) is 0 Å². The molecule has 0 saturated heterocycles. The predicted octanol–water partition coefficient (Wildman–Crippen LogP) is 7.36. The molecule has 0 saturated carbocycles. The maximum atomic E-state index is 13.2. The van der Waals surface area contributed by atoms with Gasteiger partial charge in [-0.25, -0.2) is 0 Å². The molecule has 1 unspecified atom stereocenters. The normalized spacial score (nSPS) is 15.7. The van der Waals surface area contributed by atoms with Crippen LogP contribution in [0.15, 0.2) is 65.6 Å². The van der Waals surface area contributed by atoms with Crippen LogP contribution in [0.1, 0.15) is 16.7 Å². The molecule has 0 aliphatic carbocycles. The number of benzene rings is 3. The van der Waals surface area contributed by atoms with Gasteiger partial charge in [-0.05, 0) is 60.3 Å². The van der Waals surface area contributed by atoms with Gasteiger partial charge in [-0.1, -0.05) is 41.4 Å². The van der Waals surface area contributed by atoms with Gasteiger partial charge in [0.25, 0.3) is 0 Å². The van der Waals surface area contributed by atoms with Gasteiger partial charge in [0.2, 0.25) is 0 Å². The molecular formula is C24H18Cl2F3NO3S. The van der Waals surface area contributed by atoms with Crippen molar-refractivity contribution in [3.63, 3.8) is 0 Å². The van der Waals surface area contributed by atoms with Crippen molar-refractivity contribution >= 4 is 46.8 Å². The molecule has 4 rings (SSSR count). The Balaban J connectivity index is 1.61. The first-order chi connectivity index (χ1) is 16.1. The fourth-order valence-electron chi connectivity index (χ4n) is 3.60. The lowest BCUT2D eigenvalue weighted by Gasteiger charge is -2.33. The van der Waals surface area contributed by atoms with E-state index in [2.05, 4.69) is 0 Å². The predicted molar refractivity (Wildman–Crippen MR) is 127 cm³/mol. The van der Waals surface area contributed by atoms with Gasteiger partial charge >= 0.3 is 12.1 Å². The Morgan fingerprint density at radius 3 is 2.47 bits per heavy atom. The molecule has 3 aromatic rings. The number of ether oxygens (including phenoxy) is 1. The maximum Gasteiger partial charge on any atom is 0.416 e. The van der Waals surface area contributed by atoms with E-state index in [0.29, 0.717) is 38.4 Å². The Morgan fingerprint density at radius 1 is 1.09 bits per heavy atom. The van der Waals surface area contributed by atoms with E-state index in [0.717, 1.165) is 29.6 Å². The summed E-state index contributed by atoms with van der Waals surface area (Å²) in [6, 6.07) is 15.3. The maximum absolute atomic E-state index is 13.2. The molecular weight excluding hydrogens is 510 g/mol. The molecule has 178 valence electrons. The Hall–Kier alpha value is -2.55. The molecule has 0 fully saturated rings. The molecule has 10 heteroatoms. The summed E-state index contributed by atoms with van der Waals surface area (Å²) in [5.41, 5.74) is 1.31. The first kappa shape index (κ1) is 24.6. The van der Waals surface area contributed by atoms with Crippen LogP contribution < -0.4 is 9.04 Å². The number of hydrogen-bond donors (Lipinski definition) is 1. The van der Waals surface area contributed by atoms with E-state index in [1.54, 1.807) is 46.8 Å². The number of hydrogen-bond acceptors (Lipinski definition) is 4. The summed E-state index contributed by atoms with van der Waals surface area (Å²) in [7, 11) is 0. The fourth-order valence-corrected chi connectivity index (χ4v) is 5.20. The highest BCUT2D eigenvalue weighted by Crippen LogP contribution is 2.41. The largest absolute Gasteiger partial charge is 0.489 e. The van der Waals surface area contributed by atoms with Crippen LogP contribution in [-0.2, 0) is 24.0 Å². The van der Waals surface area contributed by atoms with Crippen molar-refractivity contribution in [2.24, 2.45) is 5.92 Å². The number of rotatable bonds is 6. The fraction of sp³-hybridized carbons (Fsp3) is 0.208. The molecule has 4 nitrogen and oxygen atoms in total. The minimum atomic E-state index is -4.47. The molecule has 0 spiro atoms. The second-order valence-electron chi connectivity index (χ2n) is 7.70. The zero-order chi connectivity index (χ0) is 24.5. The SMILES string of the molecule is O=C(O)C1Cc2ccc(OCc3c(Cl)cccc3Cl)cc2N(Sc2cccc(C(F)(F)F)c2)C1. The molecule has 0 aromatic heterocycles. The molecule has 3 aromatic carbocycles. The number of nitrogens with zero attached hydrogens (tertiary/aromatic N) is 1. The highest BCUT2D eigenvalue weighted by atomic mass is 35.5. The van der Waals surface area contributed by atoms with Crippen LogP contribution in [0.5, 0.6) is 5.75 Å². The van der Waals surface area contributed by atoms with Crippen LogP contribution in [0.4, 0.5) is 18.9 Å². The average molecular weight is 528 g/mol. The molecule has 1 atom stereocenters. The molecule has 1 aliphatic heterocycles. The van der Waals surface area contributed by atoms with Gasteiger partial charge in [0.05, 0.1) is 17.2 Å². The van der Waals surface area contributed by atoms with Crippen LogP contribution in [0, 0.1) is 5.92 Å². The van der Waals surface area contributed by atoms with Crippen molar-refractivity contribution < 1.29 is 27.8 Å². The number of carboxylic acids is 1. The summed E-state index contributed by atoms with van der Waals surface area (Å²) in [4.78, 5) is 12.1. The molecule has 0 bridgehead atoms. The van der Waals surface area contributed by atoms with Crippen LogP contribution in [0.2, 0.25) is 10.0 Å². The second kappa shape index (κ2) is 9.98. The highest BCUT2D eigenvalue weighted by Gasteiger charge is 2.32. The van der Waals surface area contributed by atoms with Crippen molar-refractivity contribution in [1.82, 2.24) is 0 Å². The van der Waals surface area contributed by atoms with Gasteiger partial charge in [0.1, 0.15) is 12.4 Å². The topological polar surface area (TPSA) is 49.8 Å². The lowest BCUT2D eigenvalue weighted by molar-refractivity contribution is -0.141. The first-order valence-corrected chi connectivity index (χ1v) is 11.7. The molecule has 0 radical (unpaired) electrons. The molecule has 1 heterocycles. The number of carbonyl (C=O) groups is 1. The number of carboxylic acid groups (broad SMARTS) is 1. The van der Waals surface area contributed by atoms with E-state index in [1.807, 2.05) is 0 Å². The number of halogens is 5. The first-order valence-electron chi connectivity index (χ1n) is 10.2. The zero-order valence-corrected chi connectivity index (χ0v) is 19.8. The van der Waals surface area contributed by atoms with Crippen LogP contribution in [0.25, 0.3) is 0 Å².